The summed E-state index contributed by atoms with van der Waals surface area (Å²) in [5.41, 5.74) is 2.09. The summed E-state index contributed by atoms with van der Waals surface area (Å²) >= 11 is 0. The van der Waals surface area contributed by atoms with Crippen molar-refractivity contribution in [3.63, 3.8) is 0 Å². The summed E-state index contributed by atoms with van der Waals surface area (Å²) in [7, 11) is 0. The van der Waals surface area contributed by atoms with Crippen molar-refractivity contribution >= 4 is 5.78 Å². The predicted octanol–water partition coefficient (Wildman–Crippen LogP) is 1.87. The van der Waals surface area contributed by atoms with Gasteiger partial charge >= 0.3 is 6.01 Å². The van der Waals surface area contributed by atoms with Crippen LogP contribution in [0.15, 0.2) is 37.1 Å². The Morgan fingerprint density at radius 3 is 2.71 bits per heavy atom. The van der Waals surface area contributed by atoms with E-state index in [-0.39, 0.29) is 6.10 Å². The van der Waals surface area contributed by atoms with E-state index < -0.39 is 0 Å². The second-order valence-electron chi connectivity index (χ2n) is 6.20. The standard InChI is InChI=1S/C17H20N6O/c1-13-9-19-17(20-10-13)24-15-3-7-22(8-4-15)11-14-12-23-6-2-5-18-16(23)21-14/h2,5-6,9-10,12,15H,3-4,7-8,11H2,1H3. The molecule has 0 aromatic carbocycles. The van der Waals surface area contributed by atoms with Crippen LogP contribution in [0.25, 0.3) is 5.78 Å². The largest absolute Gasteiger partial charge is 0.460 e. The van der Waals surface area contributed by atoms with E-state index in [0.717, 1.165) is 49.5 Å². The lowest BCUT2D eigenvalue weighted by Crippen LogP contribution is -2.38. The fourth-order valence-electron chi connectivity index (χ4n) is 2.96. The number of likely N-dealkylation sites (tertiary alicyclic amines) is 1. The molecule has 1 aliphatic heterocycles. The number of hydrogen-bond donors (Lipinski definition) is 0. The van der Waals surface area contributed by atoms with Crippen molar-refractivity contribution in [1.82, 2.24) is 29.2 Å². The lowest BCUT2D eigenvalue weighted by atomic mass is 10.1. The zero-order valence-electron chi connectivity index (χ0n) is 13.7. The van der Waals surface area contributed by atoms with Gasteiger partial charge in [0.25, 0.3) is 0 Å². The lowest BCUT2D eigenvalue weighted by Gasteiger charge is -2.31. The zero-order valence-corrected chi connectivity index (χ0v) is 13.7. The highest BCUT2D eigenvalue weighted by molar-refractivity contribution is 5.29. The van der Waals surface area contributed by atoms with Crippen LogP contribution in [0, 0.1) is 6.92 Å². The molecule has 0 radical (unpaired) electrons. The Balaban J connectivity index is 1.31. The van der Waals surface area contributed by atoms with Crippen molar-refractivity contribution in [1.29, 1.82) is 0 Å². The maximum Gasteiger partial charge on any atom is 0.316 e. The van der Waals surface area contributed by atoms with Crippen LogP contribution in [0.5, 0.6) is 6.01 Å². The minimum atomic E-state index is 0.187. The third-order valence-electron chi connectivity index (χ3n) is 4.23. The molecule has 1 saturated heterocycles. The smallest absolute Gasteiger partial charge is 0.316 e. The van der Waals surface area contributed by atoms with E-state index in [0.29, 0.717) is 6.01 Å². The Labute approximate surface area is 140 Å². The Morgan fingerprint density at radius 1 is 1.17 bits per heavy atom. The van der Waals surface area contributed by atoms with Crippen LogP contribution in [-0.4, -0.2) is 48.4 Å². The summed E-state index contributed by atoms with van der Waals surface area (Å²) in [6, 6.07) is 2.39. The molecule has 3 aromatic heterocycles. The highest BCUT2D eigenvalue weighted by Gasteiger charge is 2.22. The van der Waals surface area contributed by atoms with Crippen LogP contribution in [0.4, 0.5) is 0 Å². The number of ether oxygens (including phenoxy) is 1. The molecular formula is C17H20N6O. The fraction of sp³-hybridized carbons (Fsp3) is 0.412. The van der Waals surface area contributed by atoms with Crippen molar-refractivity contribution in [3.05, 3.63) is 48.3 Å². The molecule has 0 saturated carbocycles. The summed E-state index contributed by atoms with van der Waals surface area (Å²) in [5.74, 6) is 0.752. The first-order chi connectivity index (χ1) is 11.8. The molecular weight excluding hydrogens is 304 g/mol. The number of nitrogens with zero attached hydrogens (tertiary/aromatic N) is 6. The van der Waals surface area contributed by atoms with E-state index in [4.69, 9.17) is 4.74 Å². The van der Waals surface area contributed by atoms with Gasteiger partial charge in [0, 0.05) is 50.6 Å². The summed E-state index contributed by atoms with van der Waals surface area (Å²) < 4.78 is 7.84. The third-order valence-corrected chi connectivity index (χ3v) is 4.23. The van der Waals surface area contributed by atoms with Crippen LogP contribution in [0.2, 0.25) is 0 Å². The molecule has 1 aliphatic rings. The van der Waals surface area contributed by atoms with Gasteiger partial charge in [0.05, 0.1) is 5.69 Å². The average Bonchev–Trinajstić information content (AvgIpc) is 3.01. The van der Waals surface area contributed by atoms with E-state index in [2.05, 4.69) is 24.8 Å². The van der Waals surface area contributed by atoms with Gasteiger partial charge in [-0.05, 0) is 31.4 Å². The summed E-state index contributed by atoms with van der Waals surface area (Å²) in [6.45, 7) is 4.78. The van der Waals surface area contributed by atoms with Gasteiger partial charge in [-0.2, -0.15) is 0 Å². The molecule has 0 aliphatic carbocycles. The lowest BCUT2D eigenvalue weighted by molar-refractivity contribution is 0.0886. The monoisotopic (exact) mass is 324 g/mol. The Morgan fingerprint density at radius 2 is 1.96 bits per heavy atom. The van der Waals surface area contributed by atoms with E-state index in [9.17, 15) is 0 Å². The topological polar surface area (TPSA) is 68.4 Å². The molecule has 4 rings (SSSR count). The molecule has 0 bridgehead atoms. The molecule has 7 nitrogen and oxygen atoms in total. The van der Waals surface area contributed by atoms with E-state index in [1.807, 2.05) is 29.8 Å². The van der Waals surface area contributed by atoms with Crippen LogP contribution in [-0.2, 0) is 6.54 Å². The molecule has 0 amide bonds. The number of rotatable bonds is 4. The SMILES string of the molecule is Cc1cnc(OC2CCN(Cc3cn4cccnc4n3)CC2)nc1. The van der Waals surface area contributed by atoms with Gasteiger partial charge in [0.1, 0.15) is 6.10 Å². The highest BCUT2D eigenvalue weighted by atomic mass is 16.5. The van der Waals surface area contributed by atoms with E-state index in [1.54, 1.807) is 18.6 Å². The Hall–Kier alpha value is -2.54. The van der Waals surface area contributed by atoms with Crippen LogP contribution in [0.3, 0.4) is 0 Å². The molecule has 7 heteroatoms. The summed E-state index contributed by atoms with van der Waals surface area (Å²) in [4.78, 5) is 19.7. The summed E-state index contributed by atoms with van der Waals surface area (Å²) in [6.07, 6.45) is 11.5. The van der Waals surface area contributed by atoms with Gasteiger partial charge < -0.3 is 4.74 Å². The first-order valence-electron chi connectivity index (χ1n) is 8.22. The Bertz CT molecular complexity index is 774. The minimum Gasteiger partial charge on any atom is -0.460 e. The van der Waals surface area contributed by atoms with Crippen molar-refractivity contribution in [2.45, 2.75) is 32.4 Å². The molecule has 124 valence electrons. The number of imidazole rings is 1. The molecule has 0 N–H and O–H groups in total. The number of aromatic nitrogens is 5. The Kier molecular flexibility index (Phi) is 4.08. The van der Waals surface area contributed by atoms with Gasteiger partial charge in [-0.25, -0.2) is 19.9 Å². The van der Waals surface area contributed by atoms with Gasteiger partial charge in [0.2, 0.25) is 5.78 Å². The van der Waals surface area contributed by atoms with Crippen LogP contribution >= 0.6 is 0 Å². The molecule has 0 atom stereocenters. The van der Waals surface area contributed by atoms with E-state index in [1.165, 1.54) is 0 Å². The van der Waals surface area contributed by atoms with Gasteiger partial charge in [-0.3, -0.25) is 9.30 Å². The predicted molar refractivity (Wildman–Crippen MR) is 88.7 cm³/mol. The molecule has 0 unspecified atom stereocenters. The van der Waals surface area contributed by atoms with Crippen molar-refractivity contribution in [2.75, 3.05) is 13.1 Å². The molecule has 1 fully saturated rings. The minimum absolute atomic E-state index is 0.187. The average molecular weight is 324 g/mol. The molecule has 24 heavy (non-hydrogen) atoms. The number of hydrogen-bond acceptors (Lipinski definition) is 6. The van der Waals surface area contributed by atoms with Gasteiger partial charge in [-0.15, -0.1) is 0 Å². The third kappa shape index (κ3) is 3.35. The number of fused-ring (bicyclic) bond motifs is 1. The normalized spacial score (nSPS) is 16.5. The molecule has 3 aromatic rings. The number of piperidine rings is 1. The van der Waals surface area contributed by atoms with Crippen LogP contribution in [0.1, 0.15) is 24.1 Å². The maximum absolute atomic E-state index is 5.88. The molecule has 0 spiro atoms. The summed E-state index contributed by atoms with van der Waals surface area (Å²) in [5, 5.41) is 0. The van der Waals surface area contributed by atoms with Gasteiger partial charge in [-0.1, -0.05) is 0 Å². The quantitative estimate of drug-likeness (QED) is 0.730. The van der Waals surface area contributed by atoms with Crippen LogP contribution < -0.4 is 4.74 Å². The van der Waals surface area contributed by atoms with Crippen molar-refractivity contribution < 1.29 is 4.74 Å². The van der Waals surface area contributed by atoms with E-state index >= 15 is 0 Å². The van der Waals surface area contributed by atoms with Crippen molar-refractivity contribution in [2.24, 2.45) is 0 Å². The maximum atomic E-state index is 5.88. The molecule has 4 heterocycles. The number of aryl methyl sites for hydroxylation is 1. The first-order valence-corrected chi connectivity index (χ1v) is 8.22. The first kappa shape index (κ1) is 15.0. The van der Waals surface area contributed by atoms with Gasteiger partial charge in [0.15, 0.2) is 0 Å². The second-order valence-corrected chi connectivity index (χ2v) is 6.20. The zero-order chi connectivity index (χ0) is 16.4. The van der Waals surface area contributed by atoms with Crippen molar-refractivity contribution in [3.8, 4) is 6.01 Å². The fourth-order valence-corrected chi connectivity index (χ4v) is 2.96. The highest BCUT2D eigenvalue weighted by Crippen LogP contribution is 2.17. The second kappa shape index (κ2) is 6.52.